The number of H-pyrrole nitrogens is 1. The number of rotatable bonds is 3. The van der Waals surface area contributed by atoms with E-state index in [9.17, 15) is 9.18 Å². The summed E-state index contributed by atoms with van der Waals surface area (Å²) < 4.78 is 14.0. The van der Waals surface area contributed by atoms with Crippen molar-refractivity contribution < 1.29 is 14.0 Å². The topological polar surface area (TPSA) is 92.3 Å². The summed E-state index contributed by atoms with van der Waals surface area (Å²) in [7, 11) is 0. The molecule has 0 radical (unpaired) electrons. The van der Waals surface area contributed by atoms with Crippen molar-refractivity contribution in [3.8, 4) is 0 Å². The third kappa shape index (κ3) is 3.12. The molecule has 7 nitrogen and oxygen atoms in total. The molecule has 0 aliphatic carbocycles. The lowest BCUT2D eigenvalue weighted by Gasteiger charge is -2.09. The van der Waals surface area contributed by atoms with Crippen LogP contribution in [0.1, 0.15) is 23.2 Å². The molecule has 0 saturated carbocycles. The van der Waals surface area contributed by atoms with Gasteiger partial charge in [-0.2, -0.15) is 5.10 Å². The maximum absolute atomic E-state index is 14.0. The monoisotopic (exact) mass is 387 g/mol. The molecule has 138 valence electrons. The van der Waals surface area contributed by atoms with Gasteiger partial charge >= 0.3 is 0 Å². The number of carbonyl (C=O) groups excluding carboxylic acids is 1. The van der Waals surface area contributed by atoms with Crippen molar-refractivity contribution in [1.82, 2.24) is 15.2 Å². The molecule has 1 amide bonds. The van der Waals surface area contributed by atoms with Crippen molar-refractivity contribution >= 4 is 40.1 Å². The van der Waals surface area contributed by atoms with E-state index in [2.05, 4.69) is 25.7 Å². The third-order valence-electron chi connectivity index (χ3n) is 4.31. The molecule has 27 heavy (non-hydrogen) atoms. The smallest absolute Gasteiger partial charge is 0.269 e. The predicted molar refractivity (Wildman–Crippen MR) is 99.4 cm³/mol. The summed E-state index contributed by atoms with van der Waals surface area (Å²) in [5, 5.41) is 14.4. The first-order valence-electron chi connectivity index (χ1n) is 8.24. The molecule has 1 unspecified atom stereocenters. The first-order chi connectivity index (χ1) is 12.9. The Morgan fingerprint density at radius 1 is 1.41 bits per heavy atom. The molecule has 3 heterocycles. The highest BCUT2D eigenvalue weighted by Gasteiger charge is 2.32. The fourth-order valence-electron chi connectivity index (χ4n) is 3.11. The van der Waals surface area contributed by atoms with Crippen LogP contribution < -0.4 is 5.32 Å². The van der Waals surface area contributed by atoms with Gasteiger partial charge in [-0.3, -0.25) is 9.89 Å². The summed E-state index contributed by atoms with van der Waals surface area (Å²) in [6.07, 6.45) is -0.799. The van der Waals surface area contributed by atoms with Crippen LogP contribution in [0, 0.1) is 19.7 Å². The molecule has 1 aliphatic heterocycles. The zero-order chi connectivity index (χ0) is 19.1. The molecule has 9 heteroatoms. The van der Waals surface area contributed by atoms with Gasteiger partial charge in [0.15, 0.2) is 11.5 Å². The summed E-state index contributed by atoms with van der Waals surface area (Å²) >= 11 is 6.05. The number of carbonyl (C=O) groups is 1. The molecule has 4 rings (SSSR count). The molecule has 0 fully saturated rings. The molecule has 3 aromatic rings. The largest absolute Gasteiger partial charge is 0.382 e. The van der Waals surface area contributed by atoms with Gasteiger partial charge in [0.25, 0.3) is 5.91 Å². The predicted octanol–water partition coefficient (Wildman–Crippen LogP) is 3.50. The Labute approximate surface area is 158 Å². The quantitative estimate of drug-likeness (QED) is 0.719. The van der Waals surface area contributed by atoms with Gasteiger partial charge < -0.3 is 10.2 Å². The number of anilines is 1. The molecular weight excluding hydrogens is 373 g/mol. The average Bonchev–Trinajstić information content (AvgIpc) is 3.22. The lowest BCUT2D eigenvalue weighted by Crippen LogP contribution is -2.28. The lowest BCUT2D eigenvalue weighted by molar-refractivity contribution is -0.125. The number of hydrogen-bond acceptors (Lipinski definition) is 5. The van der Waals surface area contributed by atoms with E-state index < -0.39 is 17.8 Å². The number of benzene rings is 1. The van der Waals surface area contributed by atoms with Crippen LogP contribution in [0.2, 0.25) is 5.02 Å². The van der Waals surface area contributed by atoms with Crippen LogP contribution in [0.3, 0.4) is 0 Å². The van der Waals surface area contributed by atoms with Crippen LogP contribution >= 0.6 is 11.6 Å². The van der Waals surface area contributed by atoms with E-state index in [4.69, 9.17) is 16.4 Å². The van der Waals surface area contributed by atoms with Gasteiger partial charge in [-0.05, 0) is 37.6 Å². The first kappa shape index (κ1) is 17.4. The molecule has 0 bridgehead atoms. The first-order valence-corrected chi connectivity index (χ1v) is 8.62. The van der Waals surface area contributed by atoms with Gasteiger partial charge in [-0.15, -0.1) is 0 Å². The number of amides is 1. The normalized spacial score (nSPS) is 16.3. The van der Waals surface area contributed by atoms with Crippen molar-refractivity contribution in [2.24, 2.45) is 5.16 Å². The number of pyridine rings is 1. The zero-order valence-electron chi connectivity index (χ0n) is 14.5. The van der Waals surface area contributed by atoms with Crippen molar-refractivity contribution in [3.05, 3.63) is 51.9 Å². The Morgan fingerprint density at radius 3 is 3.00 bits per heavy atom. The highest BCUT2D eigenvalue weighted by atomic mass is 35.5. The lowest BCUT2D eigenvalue weighted by atomic mass is 10.0. The Hall–Kier alpha value is -3.00. The van der Waals surface area contributed by atoms with Gasteiger partial charge in [0.1, 0.15) is 5.82 Å². The summed E-state index contributed by atoms with van der Waals surface area (Å²) in [6, 6.07) is 6.25. The fraction of sp³-hybridized carbons (Fsp3) is 0.222. The number of hydrogen-bond donors (Lipinski definition) is 2. The van der Waals surface area contributed by atoms with Crippen molar-refractivity contribution in [2.75, 3.05) is 5.32 Å². The summed E-state index contributed by atoms with van der Waals surface area (Å²) in [6.45, 7) is 3.79. The maximum Gasteiger partial charge on any atom is 0.269 e. The van der Waals surface area contributed by atoms with Gasteiger partial charge in [-0.1, -0.05) is 22.8 Å². The molecule has 0 saturated heterocycles. The molecule has 1 atom stereocenters. The minimum absolute atomic E-state index is 0.102. The van der Waals surface area contributed by atoms with Crippen LogP contribution in [0.25, 0.3) is 11.0 Å². The van der Waals surface area contributed by atoms with Gasteiger partial charge in [-0.25, -0.2) is 9.37 Å². The van der Waals surface area contributed by atoms with E-state index in [0.29, 0.717) is 17.2 Å². The SMILES string of the molecule is Cc1cc(C)c2c(NC(=O)C3CC(c4c(F)cccc4Cl)=NO3)n[nH]c2n1. The highest BCUT2D eigenvalue weighted by molar-refractivity contribution is 6.34. The fourth-order valence-corrected chi connectivity index (χ4v) is 3.38. The van der Waals surface area contributed by atoms with E-state index in [1.54, 1.807) is 6.07 Å². The number of aromatic amines is 1. The van der Waals surface area contributed by atoms with Crippen LogP contribution in [-0.2, 0) is 9.63 Å². The average molecular weight is 388 g/mol. The van der Waals surface area contributed by atoms with Crippen LogP contribution in [0.15, 0.2) is 29.4 Å². The number of fused-ring (bicyclic) bond motifs is 1. The second-order valence-corrected chi connectivity index (χ2v) is 6.71. The van der Waals surface area contributed by atoms with Gasteiger partial charge in [0, 0.05) is 12.1 Å². The highest BCUT2D eigenvalue weighted by Crippen LogP contribution is 2.27. The van der Waals surface area contributed by atoms with Crippen LogP contribution in [-0.4, -0.2) is 32.9 Å². The maximum atomic E-state index is 14.0. The molecule has 1 aromatic carbocycles. The third-order valence-corrected chi connectivity index (χ3v) is 4.62. The van der Waals surface area contributed by atoms with E-state index in [1.807, 2.05) is 19.9 Å². The van der Waals surface area contributed by atoms with E-state index in [1.165, 1.54) is 12.1 Å². The van der Waals surface area contributed by atoms with Crippen LogP contribution in [0.4, 0.5) is 10.2 Å². The molecule has 0 spiro atoms. The Morgan fingerprint density at radius 2 is 2.22 bits per heavy atom. The number of aryl methyl sites for hydroxylation is 2. The zero-order valence-corrected chi connectivity index (χ0v) is 15.3. The number of halogens is 2. The molecule has 2 N–H and O–H groups in total. The minimum atomic E-state index is -0.902. The molecule has 1 aliphatic rings. The number of nitrogens with zero attached hydrogens (tertiary/aromatic N) is 3. The number of aromatic nitrogens is 3. The molecule has 2 aromatic heterocycles. The standard InChI is InChI=1S/C18H15ClFN5O2/c1-8-6-9(2)21-16-14(8)17(24-23-16)22-18(26)13-7-12(25-27-13)15-10(19)4-3-5-11(15)20/h3-6,13H,7H2,1-2H3,(H2,21,22,23,24,26). The second-order valence-electron chi connectivity index (χ2n) is 6.30. The van der Waals surface area contributed by atoms with Gasteiger partial charge in [0.2, 0.25) is 6.10 Å². The van der Waals surface area contributed by atoms with E-state index in [0.717, 1.165) is 16.6 Å². The Kier molecular flexibility index (Phi) is 4.27. The molecular formula is C18H15ClFN5O2. The van der Waals surface area contributed by atoms with Gasteiger partial charge in [0.05, 0.1) is 21.7 Å². The second kappa shape index (κ2) is 6.62. The van der Waals surface area contributed by atoms with Crippen molar-refractivity contribution in [2.45, 2.75) is 26.4 Å². The summed E-state index contributed by atoms with van der Waals surface area (Å²) in [5.74, 6) is -0.586. The van der Waals surface area contributed by atoms with Crippen LogP contribution in [0.5, 0.6) is 0 Å². The number of nitrogens with one attached hydrogen (secondary N) is 2. The number of oxime groups is 1. The summed E-state index contributed by atoms with van der Waals surface area (Å²) in [4.78, 5) is 22.1. The Bertz CT molecular complexity index is 1070. The summed E-state index contributed by atoms with van der Waals surface area (Å²) in [5.41, 5.74) is 2.81. The van der Waals surface area contributed by atoms with E-state index in [-0.39, 0.29) is 17.0 Å². The minimum Gasteiger partial charge on any atom is -0.382 e. The Balaban J connectivity index is 1.53. The van der Waals surface area contributed by atoms with E-state index >= 15 is 0 Å². The van der Waals surface area contributed by atoms with Crippen molar-refractivity contribution in [3.63, 3.8) is 0 Å². The van der Waals surface area contributed by atoms with Crippen molar-refractivity contribution in [1.29, 1.82) is 0 Å².